The van der Waals surface area contributed by atoms with Crippen LogP contribution < -0.4 is 0 Å². The van der Waals surface area contributed by atoms with Gasteiger partial charge in [0.2, 0.25) is 5.91 Å². The van der Waals surface area contributed by atoms with Crippen LogP contribution in [0.4, 0.5) is 0 Å². The lowest BCUT2D eigenvalue weighted by atomic mass is 10.2. The first-order chi connectivity index (χ1) is 6.56. The zero-order chi connectivity index (χ0) is 10.7. The molecule has 1 aliphatic rings. The maximum Gasteiger partial charge on any atom is 0.317 e. The second-order valence-electron chi connectivity index (χ2n) is 3.52. The summed E-state index contributed by atoms with van der Waals surface area (Å²) in [4.78, 5) is 25.5. The molecule has 80 valence electrons. The van der Waals surface area contributed by atoms with Crippen molar-refractivity contribution >= 4 is 11.9 Å². The van der Waals surface area contributed by atoms with Crippen molar-refractivity contribution in [3.05, 3.63) is 0 Å². The van der Waals surface area contributed by atoms with Gasteiger partial charge in [-0.15, -0.1) is 0 Å². The Balaban J connectivity index is 2.61. The van der Waals surface area contributed by atoms with Crippen LogP contribution in [0.3, 0.4) is 0 Å². The third-order valence-corrected chi connectivity index (χ3v) is 2.58. The zero-order valence-corrected chi connectivity index (χ0v) is 8.56. The van der Waals surface area contributed by atoms with Gasteiger partial charge in [-0.2, -0.15) is 0 Å². The van der Waals surface area contributed by atoms with Crippen LogP contribution in [-0.2, 0) is 9.59 Å². The number of amides is 1. The van der Waals surface area contributed by atoms with E-state index < -0.39 is 5.97 Å². The molecule has 1 atom stereocenters. The number of hydrogen-bond donors (Lipinski definition) is 1. The van der Waals surface area contributed by atoms with Crippen LogP contribution in [0.25, 0.3) is 0 Å². The highest BCUT2D eigenvalue weighted by Gasteiger charge is 2.33. The summed E-state index contributed by atoms with van der Waals surface area (Å²) in [5, 5.41) is 8.66. The topological polar surface area (TPSA) is 60.9 Å². The van der Waals surface area contributed by atoms with Gasteiger partial charge in [0.1, 0.15) is 0 Å². The van der Waals surface area contributed by atoms with Gasteiger partial charge >= 0.3 is 5.97 Å². The van der Waals surface area contributed by atoms with Crippen LogP contribution in [0, 0.1) is 0 Å². The Bertz CT molecular complexity index is 242. The third-order valence-electron chi connectivity index (χ3n) is 2.58. The number of hydrogen-bond acceptors (Lipinski definition) is 3. The van der Waals surface area contributed by atoms with Crippen molar-refractivity contribution in [2.45, 2.75) is 19.4 Å². The van der Waals surface area contributed by atoms with Crippen LogP contribution in [0.1, 0.15) is 13.3 Å². The summed E-state index contributed by atoms with van der Waals surface area (Å²) in [5.74, 6) is -0.845. The molecule has 1 aliphatic heterocycles. The third kappa shape index (κ3) is 2.23. The molecule has 14 heavy (non-hydrogen) atoms. The monoisotopic (exact) mass is 200 g/mol. The average molecular weight is 200 g/mol. The van der Waals surface area contributed by atoms with E-state index in [0.29, 0.717) is 6.54 Å². The molecule has 0 radical (unpaired) electrons. The van der Waals surface area contributed by atoms with Gasteiger partial charge in [0.15, 0.2) is 0 Å². The first-order valence-electron chi connectivity index (χ1n) is 4.77. The summed E-state index contributed by atoms with van der Waals surface area (Å²) in [6, 6.07) is -0.235. The van der Waals surface area contributed by atoms with Crippen molar-refractivity contribution in [3.8, 4) is 0 Å². The van der Waals surface area contributed by atoms with Gasteiger partial charge in [-0.05, 0) is 13.0 Å². The quantitative estimate of drug-likeness (QED) is 0.672. The summed E-state index contributed by atoms with van der Waals surface area (Å²) >= 11 is 0. The largest absolute Gasteiger partial charge is 0.480 e. The molecule has 1 N–H and O–H groups in total. The molecule has 0 aromatic heterocycles. The van der Waals surface area contributed by atoms with E-state index in [1.807, 2.05) is 6.92 Å². The minimum atomic E-state index is -0.880. The maximum absolute atomic E-state index is 11.6. The van der Waals surface area contributed by atoms with E-state index in [-0.39, 0.29) is 18.5 Å². The molecule has 0 spiro atoms. The van der Waals surface area contributed by atoms with Gasteiger partial charge in [0.25, 0.3) is 0 Å². The number of likely N-dealkylation sites (N-methyl/N-ethyl adjacent to an activating group) is 2. The second-order valence-corrected chi connectivity index (χ2v) is 3.52. The van der Waals surface area contributed by atoms with Gasteiger partial charge in [-0.25, -0.2) is 0 Å². The Morgan fingerprint density at radius 2 is 2.36 bits per heavy atom. The standard InChI is InChI=1S/C9H16N2O3/c1-3-11(6-8(12)13)7-4-5-10(2)9(7)14/h7H,3-6H2,1-2H3,(H,12,13). The minimum Gasteiger partial charge on any atom is -0.480 e. The molecular weight excluding hydrogens is 184 g/mol. The van der Waals surface area contributed by atoms with E-state index in [2.05, 4.69) is 0 Å². The molecule has 0 aromatic rings. The molecule has 5 heteroatoms. The van der Waals surface area contributed by atoms with E-state index in [1.165, 1.54) is 0 Å². The predicted molar refractivity (Wildman–Crippen MR) is 50.9 cm³/mol. The maximum atomic E-state index is 11.6. The summed E-state index contributed by atoms with van der Waals surface area (Å²) in [7, 11) is 1.75. The van der Waals surface area contributed by atoms with Crippen molar-refractivity contribution < 1.29 is 14.7 Å². The highest BCUT2D eigenvalue weighted by Crippen LogP contribution is 2.15. The lowest BCUT2D eigenvalue weighted by Crippen LogP contribution is -2.43. The number of carbonyl (C=O) groups is 2. The van der Waals surface area contributed by atoms with Crippen LogP contribution in [0.15, 0.2) is 0 Å². The van der Waals surface area contributed by atoms with Crippen LogP contribution in [0.2, 0.25) is 0 Å². The highest BCUT2D eigenvalue weighted by atomic mass is 16.4. The SMILES string of the molecule is CCN(CC(=O)O)C1CCN(C)C1=O. The number of likely N-dealkylation sites (tertiary alicyclic amines) is 1. The molecule has 0 aliphatic carbocycles. The molecule has 0 bridgehead atoms. The molecule has 0 saturated carbocycles. The molecule has 1 amide bonds. The summed E-state index contributed by atoms with van der Waals surface area (Å²) in [6.07, 6.45) is 0.733. The van der Waals surface area contributed by atoms with Crippen molar-refractivity contribution in [1.82, 2.24) is 9.80 Å². The molecule has 1 heterocycles. The molecule has 1 saturated heterocycles. The van der Waals surface area contributed by atoms with Gasteiger partial charge in [-0.3, -0.25) is 14.5 Å². The molecular formula is C9H16N2O3. The van der Waals surface area contributed by atoms with Gasteiger partial charge < -0.3 is 10.0 Å². The van der Waals surface area contributed by atoms with Crippen LogP contribution >= 0.6 is 0 Å². The highest BCUT2D eigenvalue weighted by molar-refractivity contribution is 5.84. The molecule has 0 aromatic carbocycles. The molecule has 1 fully saturated rings. The predicted octanol–water partition coefficient (Wildman–Crippen LogP) is -0.376. The van der Waals surface area contributed by atoms with Crippen LogP contribution in [-0.4, -0.2) is 59.5 Å². The van der Waals surface area contributed by atoms with E-state index in [1.54, 1.807) is 16.8 Å². The van der Waals surface area contributed by atoms with E-state index in [0.717, 1.165) is 13.0 Å². The van der Waals surface area contributed by atoms with Crippen molar-refractivity contribution in [2.24, 2.45) is 0 Å². The van der Waals surface area contributed by atoms with Crippen molar-refractivity contribution in [2.75, 3.05) is 26.7 Å². The number of aliphatic carboxylic acids is 1. The van der Waals surface area contributed by atoms with E-state index in [9.17, 15) is 9.59 Å². The minimum absolute atomic E-state index is 0.0353. The Morgan fingerprint density at radius 3 is 2.71 bits per heavy atom. The number of nitrogens with zero attached hydrogens (tertiary/aromatic N) is 2. The average Bonchev–Trinajstić information content (AvgIpc) is 2.44. The normalized spacial score (nSPS) is 22.1. The second kappa shape index (κ2) is 4.41. The molecule has 1 unspecified atom stereocenters. The Labute approximate surface area is 83.3 Å². The fourth-order valence-electron chi connectivity index (χ4n) is 1.76. The summed E-state index contributed by atoms with van der Waals surface area (Å²) in [5.41, 5.74) is 0. The lowest BCUT2D eigenvalue weighted by molar-refractivity contribution is -0.140. The summed E-state index contributed by atoms with van der Waals surface area (Å²) < 4.78 is 0. The number of carboxylic acid groups (broad SMARTS) is 1. The number of carbonyl (C=O) groups excluding carboxylic acids is 1. The Kier molecular flexibility index (Phi) is 3.46. The fourth-order valence-corrected chi connectivity index (χ4v) is 1.76. The Morgan fingerprint density at radius 1 is 1.71 bits per heavy atom. The fraction of sp³-hybridized carbons (Fsp3) is 0.778. The van der Waals surface area contributed by atoms with Crippen LogP contribution in [0.5, 0.6) is 0 Å². The molecule has 5 nitrogen and oxygen atoms in total. The number of rotatable bonds is 4. The first kappa shape index (κ1) is 11.0. The van der Waals surface area contributed by atoms with E-state index in [4.69, 9.17) is 5.11 Å². The Hall–Kier alpha value is -1.10. The molecule has 1 rings (SSSR count). The van der Waals surface area contributed by atoms with E-state index >= 15 is 0 Å². The first-order valence-corrected chi connectivity index (χ1v) is 4.77. The van der Waals surface area contributed by atoms with Gasteiger partial charge in [0, 0.05) is 13.6 Å². The van der Waals surface area contributed by atoms with Crippen molar-refractivity contribution in [1.29, 1.82) is 0 Å². The van der Waals surface area contributed by atoms with Gasteiger partial charge in [-0.1, -0.05) is 6.92 Å². The lowest BCUT2D eigenvalue weighted by Gasteiger charge is -2.23. The van der Waals surface area contributed by atoms with Gasteiger partial charge in [0.05, 0.1) is 12.6 Å². The van der Waals surface area contributed by atoms with Crippen molar-refractivity contribution in [3.63, 3.8) is 0 Å². The zero-order valence-electron chi connectivity index (χ0n) is 8.56. The summed E-state index contributed by atoms with van der Waals surface area (Å²) in [6.45, 7) is 3.13. The smallest absolute Gasteiger partial charge is 0.317 e. The number of carboxylic acids is 1.